The van der Waals surface area contributed by atoms with Crippen LogP contribution >= 0.6 is 0 Å². The van der Waals surface area contributed by atoms with Gasteiger partial charge in [0.15, 0.2) is 0 Å². The van der Waals surface area contributed by atoms with Crippen molar-refractivity contribution in [2.45, 2.75) is 25.8 Å². The van der Waals surface area contributed by atoms with Gasteiger partial charge in [-0.15, -0.1) is 0 Å². The summed E-state index contributed by atoms with van der Waals surface area (Å²) in [5, 5.41) is 0. The molecule has 14 heavy (non-hydrogen) atoms. The molecule has 4 nitrogen and oxygen atoms in total. The fourth-order valence-electron chi connectivity index (χ4n) is 2.30. The number of piperazine rings is 1. The first-order valence-corrected chi connectivity index (χ1v) is 5.19. The van der Waals surface area contributed by atoms with Crippen molar-refractivity contribution in [3.63, 3.8) is 0 Å². The molecule has 1 heterocycles. The third-order valence-electron chi connectivity index (χ3n) is 3.23. The Balaban J connectivity index is 1.89. The fraction of sp³-hybridized carbons (Fsp3) is 0.800. The van der Waals surface area contributed by atoms with Crippen molar-refractivity contribution in [1.29, 1.82) is 0 Å². The van der Waals surface area contributed by atoms with Crippen LogP contribution in [0.1, 0.15) is 19.8 Å². The third kappa shape index (κ3) is 1.61. The summed E-state index contributed by atoms with van der Waals surface area (Å²) in [7, 11) is 0. The summed E-state index contributed by atoms with van der Waals surface area (Å²) in [6, 6.07) is 0.450. The molecule has 1 saturated carbocycles. The van der Waals surface area contributed by atoms with E-state index < -0.39 is 0 Å². The van der Waals surface area contributed by atoms with Gasteiger partial charge in [0, 0.05) is 19.1 Å². The van der Waals surface area contributed by atoms with Crippen LogP contribution in [0.15, 0.2) is 0 Å². The average molecular weight is 196 g/mol. The van der Waals surface area contributed by atoms with Crippen LogP contribution < -0.4 is 0 Å². The molecular weight excluding hydrogens is 180 g/mol. The Morgan fingerprint density at radius 2 is 2.07 bits per heavy atom. The highest BCUT2D eigenvalue weighted by molar-refractivity contribution is 5.81. The third-order valence-corrected chi connectivity index (χ3v) is 3.23. The van der Waals surface area contributed by atoms with Crippen molar-refractivity contribution in [3.8, 4) is 0 Å². The number of hydrogen-bond donors (Lipinski definition) is 0. The lowest BCUT2D eigenvalue weighted by atomic mass is 9.80. The van der Waals surface area contributed by atoms with Crippen molar-refractivity contribution >= 4 is 12.3 Å². The van der Waals surface area contributed by atoms with E-state index in [0.717, 1.165) is 31.7 Å². The van der Waals surface area contributed by atoms with E-state index in [4.69, 9.17) is 0 Å². The van der Waals surface area contributed by atoms with Crippen LogP contribution in [-0.4, -0.2) is 47.8 Å². The van der Waals surface area contributed by atoms with E-state index in [0.29, 0.717) is 12.6 Å². The largest absolute Gasteiger partial charge is 0.336 e. The van der Waals surface area contributed by atoms with Gasteiger partial charge in [-0.05, 0) is 18.8 Å². The van der Waals surface area contributed by atoms with Crippen molar-refractivity contribution in [1.82, 2.24) is 9.80 Å². The summed E-state index contributed by atoms with van der Waals surface area (Å²) >= 11 is 0. The molecule has 2 amide bonds. The lowest BCUT2D eigenvalue weighted by Gasteiger charge is -2.44. The van der Waals surface area contributed by atoms with Crippen LogP contribution in [0, 0.1) is 5.92 Å². The fourth-order valence-corrected chi connectivity index (χ4v) is 2.30. The molecule has 1 aliphatic carbocycles. The van der Waals surface area contributed by atoms with Crippen molar-refractivity contribution in [3.05, 3.63) is 0 Å². The molecule has 78 valence electrons. The number of nitrogens with zero attached hydrogens (tertiary/aromatic N) is 2. The maximum Gasteiger partial charge on any atom is 0.242 e. The van der Waals surface area contributed by atoms with E-state index >= 15 is 0 Å². The Kier molecular flexibility index (Phi) is 2.44. The predicted octanol–water partition coefficient (Wildman–Crippen LogP) is 0.0855. The second-order valence-corrected chi connectivity index (χ2v) is 4.39. The lowest BCUT2D eigenvalue weighted by molar-refractivity contribution is -0.145. The Bertz CT molecular complexity index is 249. The Labute approximate surface area is 83.9 Å². The number of carbonyl (C=O) groups is 2. The molecular formula is C10H16N2O2. The van der Waals surface area contributed by atoms with Crippen molar-refractivity contribution < 1.29 is 9.59 Å². The van der Waals surface area contributed by atoms with Gasteiger partial charge in [0.1, 0.15) is 0 Å². The van der Waals surface area contributed by atoms with E-state index in [2.05, 4.69) is 6.92 Å². The molecule has 0 aromatic heterocycles. The molecule has 2 fully saturated rings. The first-order chi connectivity index (χ1) is 6.70. The Morgan fingerprint density at radius 3 is 2.57 bits per heavy atom. The molecule has 1 aliphatic heterocycles. The zero-order valence-electron chi connectivity index (χ0n) is 8.48. The molecule has 2 aliphatic rings. The minimum absolute atomic E-state index is 0.111. The summed E-state index contributed by atoms with van der Waals surface area (Å²) in [6.45, 7) is 3.89. The number of hydrogen-bond acceptors (Lipinski definition) is 2. The van der Waals surface area contributed by atoms with Crippen LogP contribution in [0.25, 0.3) is 0 Å². The van der Waals surface area contributed by atoms with E-state index in [1.807, 2.05) is 4.90 Å². The van der Waals surface area contributed by atoms with Crippen LogP contribution in [-0.2, 0) is 9.59 Å². The molecule has 0 bridgehead atoms. The molecule has 0 atom stereocenters. The smallest absolute Gasteiger partial charge is 0.242 e. The van der Waals surface area contributed by atoms with Crippen LogP contribution in [0.4, 0.5) is 0 Å². The van der Waals surface area contributed by atoms with Crippen molar-refractivity contribution in [2.75, 3.05) is 19.6 Å². The zero-order valence-corrected chi connectivity index (χ0v) is 8.48. The zero-order chi connectivity index (χ0) is 10.1. The molecule has 0 aromatic rings. The van der Waals surface area contributed by atoms with Gasteiger partial charge in [-0.1, -0.05) is 6.92 Å². The molecule has 1 saturated heterocycles. The monoisotopic (exact) mass is 196 g/mol. The standard InChI is InChI=1S/C10H16N2O2/c1-8-4-9(5-8)12-3-2-11(7-13)6-10(12)14/h7-9H,2-6H2,1H3. The average Bonchev–Trinajstić information content (AvgIpc) is 2.13. The normalized spacial score (nSPS) is 32.8. The van der Waals surface area contributed by atoms with Gasteiger partial charge >= 0.3 is 0 Å². The van der Waals surface area contributed by atoms with E-state index in [1.54, 1.807) is 4.90 Å². The quantitative estimate of drug-likeness (QED) is 0.587. The topological polar surface area (TPSA) is 40.6 Å². The number of carbonyl (C=O) groups excluding carboxylic acids is 2. The highest BCUT2D eigenvalue weighted by atomic mass is 16.2. The summed E-state index contributed by atoms with van der Waals surface area (Å²) in [5.41, 5.74) is 0. The molecule has 2 rings (SSSR count). The lowest BCUT2D eigenvalue weighted by Crippen LogP contribution is -2.56. The van der Waals surface area contributed by atoms with Gasteiger partial charge in [-0.2, -0.15) is 0 Å². The first kappa shape index (κ1) is 9.49. The van der Waals surface area contributed by atoms with E-state index in [-0.39, 0.29) is 12.5 Å². The van der Waals surface area contributed by atoms with Crippen molar-refractivity contribution in [2.24, 2.45) is 5.92 Å². The summed E-state index contributed by atoms with van der Waals surface area (Å²) in [5.74, 6) is 0.872. The maximum absolute atomic E-state index is 11.6. The summed E-state index contributed by atoms with van der Waals surface area (Å²) < 4.78 is 0. The second kappa shape index (κ2) is 3.59. The highest BCUT2D eigenvalue weighted by Gasteiger charge is 2.35. The summed E-state index contributed by atoms with van der Waals surface area (Å²) in [6.07, 6.45) is 3.03. The van der Waals surface area contributed by atoms with Gasteiger partial charge in [0.2, 0.25) is 12.3 Å². The Hall–Kier alpha value is -1.06. The van der Waals surface area contributed by atoms with Gasteiger partial charge in [-0.3, -0.25) is 9.59 Å². The van der Waals surface area contributed by atoms with Crippen LogP contribution in [0.3, 0.4) is 0 Å². The second-order valence-electron chi connectivity index (χ2n) is 4.39. The van der Waals surface area contributed by atoms with Crippen LogP contribution in [0.5, 0.6) is 0 Å². The van der Waals surface area contributed by atoms with E-state index in [9.17, 15) is 9.59 Å². The minimum atomic E-state index is 0.111. The summed E-state index contributed by atoms with van der Waals surface area (Å²) in [4.78, 5) is 25.6. The van der Waals surface area contributed by atoms with Gasteiger partial charge in [-0.25, -0.2) is 0 Å². The molecule has 4 heteroatoms. The number of rotatable bonds is 2. The minimum Gasteiger partial charge on any atom is -0.336 e. The van der Waals surface area contributed by atoms with Crippen LogP contribution in [0.2, 0.25) is 0 Å². The Morgan fingerprint density at radius 1 is 1.36 bits per heavy atom. The maximum atomic E-state index is 11.6. The van der Waals surface area contributed by atoms with Gasteiger partial charge < -0.3 is 9.80 Å². The SMILES string of the molecule is CC1CC(N2CCN(C=O)CC2=O)C1. The van der Waals surface area contributed by atoms with Gasteiger partial charge in [0.05, 0.1) is 6.54 Å². The number of amides is 2. The highest BCUT2D eigenvalue weighted by Crippen LogP contribution is 2.31. The molecule has 0 unspecified atom stereocenters. The molecule has 0 radical (unpaired) electrons. The van der Waals surface area contributed by atoms with Gasteiger partial charge in [0.25, 0.3) is 0 Å². The molecule has 0 spiro atoms. The molecule has 0 aromatic carbocycles. The first-order valence-electron chi connectivity index (χ1n) is 5.19. The predicted molar refractivity (Wildman–Crippen MR) is 51.5 cm³/mol. The van der Waals surface area contributed by atoms with E-state index in [1.165, 1.54) is 0 Å². The molecule has 0 N–H and O–H groups in total.